The van der Waals surface area contributed by atoms with E-state index in [9.17, 15) is 9.59 Å². The highest BCUT2D eigenvalue weighted by Gasteiger charge is 2.34. The quantitative estimate of drug-likeness (QED) is 0.0455. The highest BCUT2D eigenvalue weighted by molar-refractivity contribution is 6.35. The highest BCUT2D eigenvalue weighted by atomic mass is 35.5. The third-order valence-electron chi connectivity index (χ3n) is 14.5. The van der Waals surface area contributed by atoms with Crippen molar-refractivity contribution >= 4 is 73.5 Å². The number of aryl methyl sites for hydroxylation is 1. The smallest absolute Gasteiger partial charge is 0.261 e. The van der Waals surface area contributed by atoms with Crippen molar-refractivity contribution < 1.29 is 28.5 Å². The lowest BCUT2D eigenvalue weighted by atomic mass is 10.0. The Morgan fingerprint density at radius 1 is 0.524 bits per heavy atom. The number of halogens is 2. The summed E-state index contributed by atoms with van der Waals surface area (Å²) < 4.78 is 24.0. The molecule has 84 heavy (non-hydrogen) atoms. The molecule has 6 aromatic carbocycles. The molecule has 16 heteroatoms. The number of aromatic amines is 2. The molecule has 420 valence electrons. The van der Waals surface area contributed by atoms with E-state index in [-0.39, 0.29) is 11.8 Å². The number of pyridine rings is 3. The number of hydrogen-bond donors (Lipinski definition) is 3. The summed E-state index contributed by atoms with van der Waals surface area (Å²) in [6, 6.07) is 56.9. The van der Waals surface area contributed by atoms with E-state index in [0.717, 1.165) is 119 Å². The number of carbonyl (C=O) groups excluding carboxylic acids is 2. The molecule has 6 aromatic heterocycles. The molecule has 1 aliphatic heterocycles. The van der Waals surface area contributed by atoms with Crippen molar-refractivity contribution in [3.63, 3.8) is 0 Å². The minimum atomic E-state index is -0.208. The standard InChI is InChI=1S/C26H22ClN3O3.C22H21N3O2.C20H15ClN2O/c1-33-18-8-6-7-17(15-18)21-16-29(22-11-12-28-24(27)23(21)22)13-4-5-14-30-25(31)19-9-2-3-10-20(19)26(30)32;1-26-17-8-6-15(7-9-17)13-25-22-21-19(14-24-20(21)10-11-23-22)16-4-3-5-18(12-16)27-2;21-20-17-12-19(23-18(17)9-10-22-20)15-7-4-8-16(11-15)24-13-14-5-2-1-3-6-14/h2-3,6-12,15-16H,4-5,13-14H2,1H3;3-12,14,24H,13H2,1-2H3,(H,23,25);1-12,23H,13H2. The van der Waals surface area contributed by atoms with Crippen LogP contribution in [0.5, 0.6) is 23.0 Å². The molecule has 0 spiro atoms. The Morgan fingerprint density at radius 2 is 1.13 bits per heavy atom. The summed E-state index contributed by atoms with van der Waals surface area (Å²) in [6.45, 7) is 2.35. The van der Waals surface area contributed by atoms with Crippen LogP contribution in [0.25, 0.3) is 66.2 Å². The number of fused-ring (bicyclic) bond motifs is 4. The number of nitrogens with one attached hydrogen (secondary N) is 3. The molecule has 0 radical (unpaired) electrons. The number of carbonyl (C=O) groups is 2. The number of H-pyrrole nitrogens is 2. The molecule has 0 saturated carbocycles. The number of hydrogen-bond acceptors (Lipinski definition) is 10. The second kappa shape index (κ2) is 25.9. The lowest BCUT2D eigenvalue weighted by Gasteiger charge is -2.13. The molecule has 0 fully saturated rings. The van der Waals surface area contributed by atoms with Gasteiger partial charge in [-0.3, -0.25) is 14.5 Å². The molecule has 0 unspecified atom stereocenters. The molecule has 0 atom stereocenters. The Balaban J connectivity index is 0.000000133. The van der Waals surface area contributed by atoms with Crippen LogP contribution in [0.4, 0.5) is 5.82 Å². The van der Waals surface area contributed by atoms with Gasteiger partial charge in [-0.2, -0.15) is 0 Å². The fourth-order valence-electron chi connectivity index (χ4n) is 10.2. The summed E-state index contributed by atoms with van der Waals surface area (Å²) in [5.41, 5.74) is 12.5. The van der Waals surface area contributed by atoms with Gasteiger partial charge in [0.2, 0.25) is 0 Å². The maximum absolute atomic E-state index is 12.6. The number of unbranched alkanes of at least 4 members (excludes halogenated alkanes) is 1. The van der Waals surface area contributed by atoms with Gasteiger partial charge in [0.05, 0.1) is 49.0 Å². The molecule has 0 aliphatic carbocycles. The van der Waals surface area contributed by atoms with Crippen LogP contribution < -0.4 is 24.3 Å². The van der Waals surface area contributed by atoms with Gasteiger partial charge in [0.25, 0.3) is 11.8 Å². The Hall–Kier alpha value is -9.89. The summed E-state index contributed by atoms with van der Waals surface area (Å²) in [5.74, 6) is 3.72. The number of methoxy groups -OCH3 is 3. The zero-order valence-electron chi connectivity index (χ0n) is 46.3. The SMILES string of the molecule is COc1ccc(CNc2nccc3[nH]cc(-c4cccc(OC)c4)c23)cc1.COc1cccc(-c2cn(CCCCN3C(=O)c4ccccc4C3=O)c3ccnc(Cl)c23)c1.Clc1nccc2[nH]c(-c3cccc(OCc4ccccc4)c3)cc12. The second-order valence-electron chi connectivity index (χ2n) is 19.7. The normalized spacial score (nSPS) is 11.7. The summed E-state index contributed by atoms with van der Waals surface area (Å²) in [7, 11) is 4.99. The molecule has 7 heterocycles. The van der Waals surface area contributed by atoms with Crippen molar-refractivity contribution in [1.29, 1.82) is 0 Å². The van der Waals surface area contributed by atoms with Gasteiger partial charge in [0.1, 0.15) is 45.7 Å². The number of amides is 2. The van der Waals surface area contributed by atoms with Crippen molar-refractivity contribution in [1.82, 2.24) is 34.4 Å². The minimum Gasteiger partial charge on any atom is -0.497 e. The van der Waals surface area contributed by atoms with E-state index in [1.807, 2.05) is 146 Å². The van der Waals surface area contributed by atoms with Crippen LogP contribution in [0.15, 0.2) is 207 Å². The van der Waals surface area contributed by atoms with Crippen molar-refractivity contribution in [2.45, 2.75) is 32.5 Å². The van der Waals surface area contributed by atoms with Crippen LogP contribution in [0.2, 0.25) is 10.3 Å². The number of benzene rings is 6. The first kappa shape index (κ1) is 56.0. The van der Waals surface area contributed by atoms with E-state index >= 15 is 0 Å². The van der Waals surface area contributed by atoms with Crippen LogP contribution >= 0.6 is 23.2 Å². The zero-order chi connectivity index (χ0) is 57.9. The topological polar surface area (TPSA) is 162 Å². The summed E-state index contributed by atoms with van der Waals surface area (Å²) in [5, 5.41) is 7.31. The molecular weight excluding hydrogens is 1100 g/mol. The molecule has 12 aromatic rings. The molecular formula is C68H58Cl2N8O6. The van der Waals surface area contributed by atoms with Crippen molar-refractivity contribution in [2.24, 2.45) is 0 Å². The van der Waals surface area contributed by atoms with Crippen LogP contribution in [0.1, 0.15) is 44.7 Å². The molecule has 0 bridgehead atoms. The fourth-order valence-corrected chi connectivity index (χ4v) is 10.7. The van der Waals surface area contributed by atoms with E-state index in [2.05, 4.69) is 59.2 Å². The van der Waals surface area contributed by atoms with Gasteiger partial charge in [0, 0.05) is 89.2 Å². The average Bonchev–Trinajstić information content (AvgIpc) is 4.51. The number of aromatic nitrogens is 6. The Kier molecular flexibility index (Phi) is 17.3. The van der Waals surface area contributed by atoms with E-state index in [0.29, 0.717) is 47.6 Å². The van der Waals surface area contributed by atoms with Crippen molar-refractivity contribution in [2.75, 3.05) is 33.2 Å². The number of nitrogens with zero attached hydrogens (tertiary/aromatic N) is 5. The number of anilines is 1. The maximum Gasteiger partial charge on any atom is 0.261 e. The molecule has 14 nitrogen and oxygen atoms in total. The lowest BCUT2D eigenvalue weighted by molar-refractivity contribution is 0.0651. The van der Waals surface area contributed by atoms with Crippen LogP contribution in [0.3, 0.4) is 0 Å². The Morgan fingerprint density at radius 3 is 1.83 bits per heavy atom. The van der Waals surface area contributed by atoms with Crippen LogP contribution in [-0.2, 0) is 19.7 Å². The predicted octanol–water partition coefficient (Wildman–Crippen LogP) is 15.8. The second-order valence-corrected chi connectivity index (χ2v) is 20.5. The monoisotopic (exact) mass is 1150 g/mol. The summed E-state index contributed by atoms with van der Waals surface area (Å²) >= 11 is 12.6. The van der Waals surface area contributed by atoms with Crippen molar-refractivity contribution in [3.05, 3.63) is 239 Å². The van der Waals surface area contributed by atoms with Gasteiger partial charge in [-0.05, 0) is 120 Å². The minimum absolute atomic E-state index is 0.208. The molecule has 0 saturated heterocycles. The highest BCUT2D eigenvalue weighted by Crippen LogP contribution is 2.38. The third kappa shape index (κ3) is 12.5. The molecule has 2 amide bonds. The first-order valence-electron chi connectivity index (χ1n) is 27.3. The van der Waals surface area contributed by atoms with Crippen molar-refractivity contribution in [3.8, 4) is 56.5 Å². The van der Waals surface area contributed by atoms with Gasteiger partial charge in [0.15, 0.2) is 0 Å². The Bertz CT molecular complexity index is 4240. The first-order valence-corrected chi connectivity index (χ1v) is 28.0. The van der Waals surface area contributed by atoms with E-state index in [4.69, 9.17) is 42.1 Å². The average molecular weight is 1150 g/mol. The number of ether oxygens (including phenoxy) is 4. The van der Waals surface area contributed by atoms with E-state index in [1.54, 1.807) is 58.0 Å². The first-order chi connectivity index (χ1) is 41.2. The molecule has 13 rings (SSSR count). The third-order valence-corrected chi connectivity index (χ3v) is 15.1. The Labute approximate surface area is 495 Å². The van der Waals surface area contributed by atoms with Crippen LogP contribution in [-0.4, -0.2) is 74.1 Å². The van der Waals surface area contributed by atoms with Gasteiger partial charge in [-0.1, -0.05) is 114 Å². The number of rotatable bonds is 17. The van der Waals surface area contributed by atoms with Gasteiger partial charge >= 0.3 is 0 Å². The van der Waals surface area contributed by atoms with E-state index < -0.39 is 0 Å². The lowest BCUT2D eigenvalue weighted by Crippen LogP contribution is -2.30. The maximum atomic E-state index is 12.6. The zero-order valence-corrected chi connectivity index (χ0v) is 47.8. The van der Waals surface area contributed by atoms with Gasteiger partial charge < -0.3 is 38.8 Å². The number of imide groups is 1. The molecule has 1 aliphatic rings. The van der Waals surface area contributed by atoms with Crippen LogP contribution in [0, 0.1) is 0 Å². The fraction of sp³-hybridized carbons (Fsp3) is 0.132. The summed E-state index contributed by atoms with van der Waals surface area (Å²) in [6.07, 6.45) is 10.8. The van der Waals surface area contributed by atoms with Gasteiger partial charge in [-0.25, -0.2) is 15.0 Å². The molecule has 3 N–H and O–H groups in total. The largest absolute Gasteiger partial charge is 0.497 e. The van der Waals surface area contributed by atoms with Gasteiger partial charge in [-0.15, -0.1) is 0 Å². The summed E-state index contributed by atoms with van der Waals surface area (Å²) in [4.78, 5) is 46.1. The van der Waals surface area contributed by atoms with E-state index in [1.165, 1.54) is 4.90 Å². The predicted molar refractivity (Wildman–Crippen MR) is 333 cm³/mol.